The van der Waals surface area contributed by atoms with Crippen molar-refractivity contribution in [1.29, 1.82) is 0 Å². The third-order valence-electron chi connectivity index (χ3n) is 5.03. The van der Waals surface area contributed by atoms with E-state index >= 15 is 0 Å². The number of amides is 1. The summed E-state index contributed by atoms with van der Waals surface area (Å²) in [4.78, 5) is 22.7. The van der Waals surface area contributed by atoms with Crippen LogP contribution < -0.4 is 4.90 Å². The van der Waals surface area contributed by atoms with Crippen molar-refractivity contribution in [1.82, 2.24) is 9.88 Å². The van der Waals surface area contributed by atoms with Gasteiger partial charge in [-0.25, -0.2) is 4.98 Å². The van der Waals surface area contributed by atoms with E-state index in [1.165, 1.54) is 28.4 Å². The predicted molar refractivity (Wildman–Crippen MR) is 122 cm³/mol. The zero-order valence-corrected chi connectivity index (χ0v) is 19.2. The first-order chi connectivity index (χ1) is 14.8. The molecule has 31 heavy (non-hydrogen) atoms. The minimum atomic E-state index is -4.51. The maximum absolute atomic E-state index is 13.3. The molecule has 3 rings (SSSR count). The van der Waals surface area contributed by atoms with Gasteiger partial charge in [-0.15, -0.1) is 11.8 Å². The lowest BCUT2D eigenvalue weighted by molar-refractivity contribution is -0.137. The topological polar surface area (TPSA) is 36.4 Å². The van der Waals surface area contributed by atoms with Gasteiger partial charge >= 0.3 is 6.18 Å². The number of aromatic nitrogens is 1. The van der Waals surface area contributed by atoms with Crippen LogP contribution in [0.15, 0.2) is 47.4 Å². The summed E-state index contributed by atoms with van der Waals surface area (Å²) in [7, 11) is 0. The Labute approximate surface area is 188 Å². The van der Waals surface area contributed by atoms with Gasteiger partial charge in [0, 0.05) is 23.5 Å². The molecule has 0 bridgehead atoms. The third kappa shape index (κ3) is 5.58. The van der Waals surface area contributed by atoms with Crippen LogP contribution in [0.3, 0.4) is 0 Å². The number of thioether (sulfide) groups is 1. The lowest BCUT2D eigenvalue weighted by Crippen LogP contribution is -2.39. The molecule has 0 atom stereocenters. The van der Waals surface area contributed by atoms with E-state index in [4.69, 9.17) is 0 Å². The van der Waals surface area contributed by atoms with Gasteiger partial charge < -0.3 is 4.90 Å². The van der Waals surface area contributed by atoms with Crippen molar-refractivity contribution in [2.75, 3.05) is 37.3 Å². The largest absolute Gasteiger partial charge is 0.416 e. The van der Waals surface area contributed by atoms with Crippen LogP contribution in [0.1, 0.15) is 29.8 Å². The zero-order chi connectivity index (χ0) is 22.6. The number of benzene rings is 2. The van der Waals surface area contributed by atoms with Gasteiger partial charge in [0.25, 0.3) is 5.91 Å². The van der Waals surface area contributed by atoms with Crippen LogP contribution >= 0.6 is 23.1 Å². The summed E-state index contributed by atoms with van der Waals surface area (Å²) in [5, 5.41) is 0.489. The average molecular weight is 468 g/mol. The highest BCUT2D eigenvalue weighted by Crippen LogP contribution is 2.33. The molecule has 0 aliphatic rings. The maximum Gasteiger partial charge on any atom is 0.416 e. The molecule has 1 amide bonds. The number of nitrogens with zero attached hydrogens (tertiary/aromatic N) is 3. The molecule has 0 radical (unpaired) electrons. The Balaban J connectivity index is 1.99. The molecule has 4 nitrogen and oxygen atoms in total. The first kappa shape index (κ1) is 23.6. The van der Waals surface area contributed by atoms with E-state index in [0.717, 1.165) is 40.3 Å². The van der Waals surface area contributed by atoms with E-state index in [1.54, 1.807) is 11.8 Å². The fourth-order valence-electron chi connectivity index (χ4n) is 3.18. The summed E-state index contributed by atoms with van der Waals surface area (Å²) < 4.78 is 40.4. The molecule has 9 heteroatoms. The molecule has 0 aliphatic heterocycles. The number of likely N-dealkylation sites (N-methyl/N-ethyl adjacent to an activating group) is 1. The lowest BCUT2D eigenvalue weighted by atomic mass is 10.1. The van der Waals surface area contributed by atoms with E-state index in [-0.39, 0.29) is 5.56 Å². The van der Waals surface area contributed by atoms with Crippen molar-refractivity contribution in [3.8, 4) is 0 Å². The number of carbonyl (C=O) groups excluding carboxylic acids is 1. The Morgan fingerprint density at radius 1 is 1.10 bits per heavy atom. The minimum absolute atomic E-state index is 0.00145. The Morgan fingerprint density at radius 3 is 2.48 bits per heavy atom. The summed E-state index contributed by atoms with van der Waals surface area (Å²) in [6, 6.07) is 10.4. The molecule has 166 valence electrons. The van der Waals surface area contributed by atoms with Crippen LogP contribution in [0.5, 0.6) is 0 Å². The van der Waals surface area contributed by atoms with Gasteiger partial charge in [-0.1, -0.05) is 31.3 Å². The van der Waals surface area contributed by atoms with Crippen molar-refractivity contribution < 1.29 is 18.0 Å². The normalized spacial score (nSPS) is 12.0. The fraction of sp³-hybridized carbons (Fsp3) is 0.364. The van der Waals surface area contributed by atoms with Crippen molar-refractivity contribution in [3.05, 3.63) is 53.6 Å². The second-order valence-electron chi connectivity index (χ2n) is 6.89. The highest BCUT2D eigenvalue weighted by atomic mass is 32.2. The quantitative estimate of drug-likeness (QED) is 0.379. The number of anilines is 1. The third-order valence-corrected chi connectivity index (χ3v) is 6.80. The van der Waals surface area contributed by atoms with Crippen molar-refractivity contribution in [2.24, 2.45) is 0 Å². The molecule has 1 aromatic heterocycles. The molecule has 0 unspecified atom stereocenters. The van der Waals surface area contributed by atoms with Gasteiger partial charge in [0.05, 0.1) is 15.8 Å². The van der Waals surface area contributed by atoms with Gasteiger partial charge in [0.2, 0.25) is 0 Å². The van der Waals surface area contributed by atoms with Crippen LogP contribution in [0.25, 0.3) is 10.2 Å². The molecular weight excluding hydrogens is 443 g/mol. The molecule has 1 heterocycles. The summed E-state index contributed by atoms with van der Waals surface area (Å²) in [6.45, 7) is 6.64. The van der Waals surface area contributed by atoms with E-state index in [1.807, 2.05) is 38.3 Å². The van der Waals surface area contributed by atoms with Crippen LogP contribution in [0, 0.1) is 0 Å². The van der Waals surface area contributed by atoms with E-state index in [9.17, 15) is 18.0 Å². The second-order valence-corrected chi connectivity index (χ2v) is 8.78. The smallest absolute Gasteiger partial charge is 0.302 e. The Morgan fingerprint density at radius 2 is 1.84 bits per heavy atom. The summed E-state index contributed by atoms with van der Waals surface area (Å²) >= 11 is 2.99. The Hall–Kier alpha value is -2.10. The lowest BCUT2D eigenvalue weighted by Gasteiger charge is -2.25. The Bertz CT molecular complexity index is 1050. The summed E-state index contributed by atoms with van der Waals surface area (Å²) in [6.07, 6.45) is -2.52. The molecular formula is C22H24F3N3OS2. The van der Waals surface area contributed by atoms with Gasteiger partial charge in [0.15, 0.2) is 5.13 Å². The highest BCUT2D eigenvalue weighted by molar-refractivity contribution is 7.98. The van der Waals surface area contributed by atoms with Gasteiger partial charge in [-0.3, -0.25) is 9.69 Å². The number of rotatable bonds is 8. The van der Waals surface area contributed by atoms with Gasteiger partial charge in [-0.05, 0) is 55.7 Å². The first-order valence-electron chi connectivity index (χ1n) is 9.92. The van der Waals surface area contributed by atoms with E-state index in [0.29, 0.717) is 18.2 Å². The molecule has 0 fully saturated rings. The number of hydrogen-bond acceptors (Lipinski definition) is 5. The van der Waals surface area contributed by atoms with Crippen molar-refractivity contribution >= 4 is 44.4 Å². The number of thiazole rings is 1. The van der Waals surface area contributed by atoms with Gasteiger partial charge in [-0.2, -0.15) is 13.2 Å². The van der Waals surface area contributed by atoms with Crippen LogP contribution in [0.2, 0.25) is 0 Å². The number of halogens is 3. The molecule has 0 N–H and O–H groups in total. The average Bonchev–Trinajstić information content (AvgIpc) is 3.18. The Kier molecular flexibility index (Phi) is 7.61. The summed E-state index contributed by atoms with van der Waals surface area (Å²) in [5.41, 5.74) is -0.0723. The summed E-state index contributed by atoms with van der Waals surface area (Å²) in [5.74, 6) is -0.484. The molecule has 0 saturated carbocycles. The standard InChI is InChI=1S/C22H24F3N3OS2/c1-4-27(5-2)11-12-28(20(29)15-7-6-8-16(13-15)22(23,24)25)21-26-18-10-9-17(30-3)14-19(18)31-21/h6-10,13-14H,4-5,11-12H2,1-3H3. The molecule has 0 saturated heterocycles. The fourth-order valence-corrected chi connectivity index (χ4v) is 4.73. The number of carbonyl (C=O) groups is 1. The first-order valence-corrected chi connectivity index (χ1v) is 12.0. The van der Waals surface area contributed by atoms with Crippen LogP contribution in [-0.2, 0) is 6.18 Å². The monoisotopic (exact) mass is 467 g/mol. The maximum atomic E-state index is 13.3. The highest BCUT2D eigenvalue weighted by Gasteiger charge is 2.32. The number of hydrogen-bond donors (Lipinski definition) is 0. The van der Waals surface area contributed by atoms with Crippen molar-refractivity contribution in [3.63, 3.8) is 0 Å². The van der Waals surface area contributed by atoms with E-state index < -0.39 is 17.6 Å². The minimum Gasteiger partial charge on any atom is -0.302 e. The van der Waals surface area contributed by atoms with E-state index in [2.05, 4.69) is 9.88 Å². The number of alkyl halides is 3. The second kappa shape index (κ2) is 10.0. The number of fused-ring (bicyclic) bond motifs is 1. The van der Waals surface area contributed by atoms with Gasteiger partial charge in [0.1, 0.15) is 0 Å². The van der Waals surface area contributed by atoms with Crippen LogP contribution in [-0.4, -0.2) is 48.2 Å². The molecule has 0 aliphatic carbocycles. The predicted octanol–water partition coefficient (Wildman–Crippen LogP) is 6.03. The van der Waals surface area contributed by atoms with Crippen molar-refractivity contribution in [2.45, 2.75) is 24.9 Å². The SMILES string of the molecule is CCN(CC)CCN(C(=O)c1cccc(C(F)(F)F)c1)c1nc2ccc(SC)cc2s1. The molecule has 0 spiro atoms. The molecule has 3 aromatic rings. The zero-order valence-electron chi connectivity index (χ0n) is 17.6. The van der Waals surface area contributed by atoms with Crippen LogP contribution in [0.4, 0.5) is 18.3 Å². The molecule has 2 aromatic carbocycles.